The van der Waals surface area contributed by atoms with Crippen molar-refractivity contribution in [2.75, 3.05) is 59.5 Å². The molecule has 6 heteroatoms. The number of unbranched alkanes of at least 4 members (excludes halogenated alkanes) is 1. The zero-order valence-corrected chi connectivity index (χ0v) is 13.1. The molecule has 1 N–H and O–H groups in total. The highest BCUT2D eigenvalue weighted by molar-refractivity contribution is 4.72. The summed E-state index contributed by atoms with van der Waals surface area (Å²) in [6, 6.07) is 0. The third-order valence-electron chi connectivity index (χ3n) is 3.22. The lowest BCUT2D eigenvalue weighted by atomic mass is 10.1. The van der Waals surface area contributed by atoms with E-state index in [-0.39, 0.29) is 6.10 Å². The number of hydrogen-bond donors (Lipinski definition) is 1. The van der Waals surface area contributed by atoms with Gasteiger partial charge in [0.2, 0.25) is 0 Å². The molecule has 6 nitrogen and oxygen atoms in total. The van der Waals surface area contributed by atoms with Gasteiger partial charge in [-0.2, -0.15) is 0 Å². The molecule has 0 aromatic carbocycles. The molecule has 2 atom stereocenters. The molecule has 0 aromatic heterocycles. The van der Waals surface area contributed by atoms with E-state index in [1.54, 1.807) is 0 Å². The van der Waals surface area contributed by atoms with Gasteiger partial charge in [-0.3, -0.25) is 0 Å². The number of ether oxygens (including phenoxy) is 5. The summed E-state index contributed by atoms with van der Waals surface area (Å²) in [5, 5.41) is 9.67. The first kappa shape index (κ1) is 18.8. The zero-order chi connectivity index (χ0) is 15.2. The number of aliphatic hydroxyl groups is 1. The van der Waals surface area contributed by atoms with Crippen LogP contribution < -0.4 is 0 Å². The summed E-state index contributed by atoms with van der Waals surface area (Å²) in [4.78, 5) is 0. The first-order valence-electron chi connectivity index (χ1n) is 7.95. The van der Waals surface area contributed by atoms with E-state index in [0.717, 1.165) is 19.4 Å². The Labute approximate surface area is 127 Å². The highest BCUT2D eigenvalue weighted by atomic mass is 16.6. The fourth-order valence-electron chi connectivity index (χ4n) is 1.91. The van der Waals surface area contributed by atoms with E-state index in [2.05, 4.69) is 6.92 Å². The van der Waals surface area contributed by atoms with Crippen LogP contribution in [-0.2, 0) is 23.7 Å². The van der Waals surface area contributed by atoms with Crippen molar-refractivity contribution in [2.45, 2.75) is 38.4 Å². The third-order valence-corrected chi connectivity index (χ3v) is 3.22. The molecule has 1 fully saturated rings. The Balaban J connectivity index is 1.76. The summed E-state index contributed by atoms with van der Waals surface area (Å²) in [6.07, 6.45) is 2.25. The molecule has 0 bridgehead atoms. The van der Waals surface area contributed by atoms with Crippen LogP contribution >= 0.6 is 0 Å². The van der Waals surface area contributed by atoms with Gasteiger partial charge in [-0.05, 0) is 12.8 Å². The summed E-state index contributed by atoms with van der Waals surface area (Å²) in [5.41, 5.74) is 0. The Morgan fingerprint density at radius 1 is 0.952 bits per heavy atom. The van der Waals surface area contributed by atoms with Gasteiger partial charge in [0.1, 0.15) is 6.10 Å². The first-order valence-corrected chi connectivity index (χ1v) is 7.95. The Kier molecular flexibility index (Phi) is 12.0. The van der Waals surface area contributed by atoms with Crippen LogP contribution in [-0.4, -0.2) is 76.8 Å². The molecule has 1 heterocycles. The summed E-state index contributed by atoms with van der Waals surface area (Å²) in [7, 11) is 0. The fourth-order valence-corrected chi connectivity index (χ4v) is 1.91. The SMILES string of the molecule is CCCCOCCOCCOCCOC1COCCC1O. The summed E-state index contributed by atoms with van der Waals surface area (Å²) >= 11 is 0. The summed E-state index contributed by atoms with van der Waals surface area (Å²) in [6.45, 7) is 7.34. The monoisotopic (exact) mass is 306 g/mol. The predicted octanol–water partition coefficient (Wildman–Crippen LogP) is 1.00. The molecule has 1 rings (SSSR count). The van der Waals surface area contributed by atoms with Crippen LogP contribution in [0.4, 0.5) is 0 Å². The molecule has 21 heavy (non-hydrogen) atoms. The average molecular weight is 306 g/mol. The van der Waals surface area contributed by atoms with Crippen molar-refractivity contribution in [1.82, 2.24) is 0 Å². The fraction of sp³-hybridized carbons (Fsp3) is 1.00. The summed E-state index contributed by atoms with van der Waals surface area (Å²) < 4.78 is 26.9. The van der Waals surface area contributed by atoms with Gasteiger partial charge < -0.3 is 28.8 Å². The van der Waals surface area contributed by atoms with Crippen molar-refractivity contribution in [1.29, 1.82) is 0 Å². The molecule has 1 aliphatic heterocycles. The Morgan fingerprint density at radius 2 is 1.57 bits per heavy atom. The quantitative estimate of drug-likeness (QED) is 0.512. The maximum atomic E-state index is 9.67. The van der Waals surface area contributed by atoms with Crippen LogP contribution in [0.5, 0.6) is 0 Å². The van der Waals surface area contributed by atoms with Crippen LogP contribution in [0.1, 0.15) is 26.2 Å². The topological polar surface area (TPSA) is 66.4 Å². The van der Waals surface area contributed by atoms with Gasteiger partial charge in [-0.1, -0.05) is 13.3 Å². The lowest BCUT2D eigenvalue weighted by molar-refractivity contribution is -0.125. The van der Waals surface area contributed by atoms with Crippen LogP contribution in [0.15, 0.2) is 0 Å². The predicted molar refractivity (Wildman–Crippen MR) is 78.5 cm³/mol. The van der Waals surface area contributed by atoms with E-state index in [1.165, 1.54) is 0 Å². The maximum absolute atomic E-state index is 9.67. The van der Waals surface area contributed by atoms with E-state index in [0.29, 0.717) is 59.3 Å². The second-order valence-corrected chi connectivity index (χ2v) is 5.03. The standard InChI is InChI=1S/C15H30O6/c1-2-3-5-17-7-8-18-9-10-19-11-12-21-15-13-20-6-4-14(15)16/h14-16H,2-13H2,1H3. The third kappa shape index (κ3) is 10.2. The van der Waals surface area contributed by atoms with Gasteiger partial charge in [0, 0.05) is 13.2 Å². The highest BCUT2D eigenvalue weighted by Crippen LogP contribution is 2.10. The van der Waals surface area contributed by atoms with Gasteiger partial charge in [-0.15, -0.1) is 0 Å². The van der Waals surface area contributed by atoms with Gasteiger partial charge >= 0.3 is 0 Å². The second kappa shape index (κ2) is 13.4. The minimum atomic E-state index is -0.421. The average Bonchev–Trinajstić information content (AvgIpc) is 2.50. The number of aliphatic hydroxyl groups excluding tert-OH is 1. The molecule has 0 aliphatic carbocycles. The van der Waals surface area contributed by atoms with Crippen molar-refractivity contribution < 1.29 is 28.8 Å². The Bertz CT molecular complexity index is 226. The number of hydrogen-bond acceptors (Lipinski definition) is 6. The Morgan fingerprint density at radius 3 is 2.19 bits per heavy atom. The zero-order valence-electron chi connectivity index (χ0n) is 13.1. The highest BCUT2D eigenvalue weighted by Gasteiger charge is 2.23. The minimum absolute atomic E-state index is 0.223. The van der Waals surface area contributed by atoms with Crippen LogP contribution in [0.2, 0.25) is 0 Å². The van der Waals surface area contributed by atoms with Crippen molar-refractivity contribution in [2.24, 2.45) is 0 Å². The lowest BCUT2D eigenvalue weighted by Crippen LogP contribution is -2.39. The Hall–Kier alpha value is -0.240. The van der Waals surface area contributed by atoms with E-state index in [4.69, 9.17) is 23.7 Å². The maximum Gasteiger partial charge on any atom is 0.107 e. The molecule has 1 saturated heterocycles. The van der Waals surface area contributed by atoms with Gasteiger partial charge in [0.15, 0.2) is 0 Å². The molecular formula is C15H30O6. The van der Waals surface area contributed by atoms with E-state index in [1.807, 2.05) is 0 Å². The largest absolute Gasteiger partial charge is 0.390 e. The van der Waals surface area contributed by atoms with Crippen LogP contribution in [0.3, 0.4) is 0 Å². The van der Waals surface area contributed by atoms with Gasteiger partial charge in [0.05, 0.1) is 52.4 Å². The molecular weight excluding hydrogens is 276 g/mol. The van der Waals surface area contributed by atoms with Crippen molar-refractivity contribution >= 4 is 0 Å². The van der Waals surface area contributed by atoms with Crippen LogP contribution in [0.25, 0.3) is 0 Å². The van der Waals surface area contributed by atoms with E-state index in [9.17, 15) is 5.11 Å². The minimum Gasteiger partial charge on any atom is -0.390 e. The summed E-state index contributed by atoms with van der Waals surface area (Å²) in [5.74, 6) is 0. The molecule has 1 aliphatic rings. The molecule has 0 aromatic rings. The lowest BCUT2D eigenvalue weighted by Gasteiger charge is -2.27. The normalized spacial score (nSPS) is 22.6. The molecule has 2 unspecified atom stereocenters. The second-order valence-electron chi connectivity index (χ2n) is 5.03. The smallest absolute Gasteiger partial charge is 0.107 e. The molecule has 0 amide bonds. The van der Waals surface area contributed by atoms with Crippen molar-refractivity contribution in [3.05, 3.63) is 0 Å². The van der Waals surface area contributed by atoms with Crippen LogP contribution in [0, 0.1) is 0 Å². The van der Waals surface area contributed by atoms with E-state index >= 15 is 0 Å². The van der Waals surface area contributed by atoms with Crippen molar-refractivity contribution in [3.63, 3.8) is 0 Å². The van der Waals surface area contributed by atoms with Gasteiger partial charge in [0.25, 0.3) is 0 Å². The van der Waals surface area contributed by atoms with Crippen molar-refractivity contribution in [3.8, 4) is 0 Å². The first-order chi connectivity index (χ1) is 10.3. The van der Waals surface area contributed by atoms with E-state index < -0.39 is 6.10 Å². The molecule has 126 valence electrons. The number of rotatable bonds is 13. The molecule has 0 spiro atoms. The van der Waals surface area contributed by atoms with Gasteiger partial charge in [-0.25, -0.2) is 0 Å². The molecule has 0 radical (unpaired) electrons. The molecule has 0 saturated carbocycles.